The lowest BCUT2D eigenvalue weighted by Gasteiger charge is -2.24. The van der Waals surface area contributed by atoms with Crippen molar-refractivity contribution in [3.05, 3.63) is 47.5 Å². The molecule has 1 atom stereocenters. The Balaban J connectivity index is 1.43. The highest BCUT2D eigenvalue weighted by Crippen LogP contribution is 2.43. The van der Waals surface area contributed by atoms with Gasteiger partial charge in [-0.05, 0) is 37.1 Å². The van der Waals surface area contributed by atoms with E-state index in [9.17, 15) is 14.4 Å². The smallest absolute Gasteiger partial charge is 0.343 e. The minimum absolute atomic E-state index is 0.00794. The van der Waals surface area contributed by atoms with E-state index >= 15 is 0 Å². The van der Waals surface area contributed by atoms with Crippen LogP contribution in [0.1, 0.15) is 47.7 Å². The molecule has 31 heavy (non-hydrogen) atoms. The summed E-state index contributed by atoms with van der Waals surface area (Å²) in [5.74, 6) is -0.0707. The van der Waals surface area contributed by atoms with E-state index in [0.717, 1.165) is 19.3 Å². The van der Waals surface area contributed by atoms with Gasteiger partial charge in [0.15, 0.2) is 11.5 Å². The standard InChI is InChI=1S/C23H24N2O6/c1-29-17-10-9-16-18(31-23(28)20(16)21(17)30-2)12-19(26)24-14-7-4-8-15(11-14)25-22(27)13-5-3-6-13/h4,7-11,13,18H,3,5-6,12H2,1-2H3,(H,24,26)(H,25,27)/t18-/m0/s1. The molecule has 1 saturated carbocycles. The van der Waals surface area contributed by atoms with Crippen molar-refractivity contribution in [1.82, 2.24) is 0 Å². The molecule has 0 saturated heterocycles. The number of anilines is 2. The van der Waals surface area contributed by atoms with E-state index in [1.807, 2.05) is 0 Å². The predicted octanol–water partition coefficient (Wildman–Crippen LogP) is 3.68. The molecule has 8 heteroatoms. The van der Waals surface area contributed by atoms with Crippen molar-refractivity contribution in [2.24, 2.45) is 5.92 Å². The Morgan fingerprint density at radius 1 is 1.06 bits per heavy atom. The van der Waals surface area contributed by atoms with Crippen LogP contribution in [0.25, 0.3) is 0 Å². The Hall–Kier alpha value is -3.55. The van der Waals surface area contributed by atoms with Gasteiger partial charge in [0.2, 0.25) is 11.8 Å². The number of carbonyl (C=O) groups excluding carboxylic acids is 3. The van der Waals surface area contributed by atoms with E-state index in [1.165, 1.54) is 14.2 Å². The molecule has 0 spiro atoms. The van der Waals surface area contributed by atoms with Gasteiger partial charge in [0.05, 0.1) is 20.6 Å². The summed E-state index contributed by atoms with van der Waals surface area (Å²) in [6.07, 6.45) is 2.15. The van der Waals surface area contributed by atoms with Gasteiger partial charge in [-0.25, -0.2) is 4.79 Å². The Labute approximate surface area is 179 Å². The van der Waals surface area contributed by atoms with Gasteiger partial charge in [0, 0.05) is 22.9 Å². The largest absolute Gasteiger partial charge is 0.493 e. The number of carbonyl (C=O) groups is 3. The minimum atomic E-state index is -0.719. The Morgan fingerprint density at radius 3 is 2.45 bits per heavy atom. The topological polar surface area (TPSA) is 103 Å². The van der Waals surface area contributed by atoms with E-state index in [-0.39, 0.29) is 29.7 Å². The number of hydrogen-bond donors (Lipinski definition) is 2. The molecule has 2 aliphatic rings. The molecule has 1 fully saturated rings. The predicted molar refractivity (Wildman–Crippen MR) is 113 cm³/mol. The third-order valence-electron chi connectivity index (χ3n) is 5.64. The van der Waals surface area contributed by atoms with Crippen LogP contribution in [0, 0.1) is 5.92 Å². The van der Waals surface area contributed by atoms with Gasteiger partial charge in [0.25, 0.3) is 0 Å². The average molecular weight is 424 g/mol. The number of nitrogens with one attached hydrogen (secondary N) is 2. The number of methoxy groups -OCH3 is 2. The number of esters is 1. The lowest BCUT2D eigenvalue weighted by molar-refractivity contribution is -0.122. The fraction of sp³-hybridized carbons (Fsp3) is 0.348. The number of rotatable bonds is 7. The first-order valence-electron chi connectivity index (χ1n) is 10.2. The quantitative estimate of drug-likeness (QED) is 0.658. The summed E-state index contributed by atoms with van der Waals surface area (Å²) in [7, 11) is 2.93. The summed E-state index contributed by atoms with van der Waals surface area (Å²) >= 11 is 0. The van der Waals surface area contributed by atoms with E-state index < -0.39 is 12.1 Å². The maximum atomic E-state index is 12.6. The maximum Gasteiger partial charge on any atom is 0.343 e. The van der Waals surface area contributed by atoms with Crippen molar-refractivity contribution in [3.63, 3.8) is 0 Å². The number of ether oxygens (including phenoxy) is 3. The van der Waals surface area contributed by atoms with Crippen LogP contribution in [0.15, 0.2) is 36.4 Å². The second-order valence-corrected chi connectivity index (χ2v) is 7.61. The Morgan fingerprint density at radius 2 is 1.81 bits per heavy atom. The average Bonchev–Trinajstić information content (AvgIpc) is 3.01. The second kappa shape index (κ2) is 8.67. The van der Waals surface area contributed by atoms with Gasteiger partial charge in [-0.3, -0.25) is 9.59 Å². The number of hydrogen-bond acceptors (Lipinski definition) is 6. The van der Waals surface area contributed by atoms with E-state index in [4.69, 9.17) is 14.2 Å². The minimum Gasteiger partial charge on any atom is -0.493 e. The monoisotopic (exact) mass is 424 g/mol. The van der Waals surface area contributed by atoms with E-state index in [0.29, 0.717) is 28.4 Å². The van der Waals surface area contributed by atoms with Gasteiger partial charge in [-0.1, -0.05) is 18.6 Å². The number of benzene rings is 2. The fourth-order valence-electron chi connectivity index (χ4n) is 3.79. The number of amides is 2. The molecule has 2 aromatic carbocycles. The lowest BCUT2D eigenvalue weighted by Crippen LogP contribution is -2.28. The van der Waals surface area contributed by atoms with Crippen LogP contribution in [-0.4, -0.2) is 32.0 Å². The number of cyclic esters (lactones) is 1. The summed E-state index contributed by atoms with van der Waals surface area (Å²) in [6, 6.07) is 10.4. The molecule has 4 rings (SSSR count). The van der Waals surface area contributed by atoms with Crippen LogP contribution in [0.2, 0.25) is 0 Å². The van der Waals surface area contributed by atoms with Crippen molar-refractivity contribution < 1.29 is 28.6 Å². The van der Waals surface area contributed by atoms with Crippen molar-refractivity contribution in [2.75, 3.05) is 24.9 Å². The summed E-state index contributed by atoms with van der Waals surface area (Å²) < 4.78 is 16.0. The third kappa shape index (κ3) is 4.19. The first-order chi connectivity index (χ1) is 15.0. The molecule has 2 amide bonds. The first-order valence-corrected chi connectivity index (χ1v) is 10.2. The molecule has 0 unspecified atom stereocenters. The summed E-state index contributed by atoms with van der Waals surface area (Å²) in [6.45, 7) is 0. The zero-order valence-electron chi connectivity index (χ0n) is 17.4. The highest BCUT2D eigenvalue weighted by atomic mass is 16.6. The van der Waals surface area contributed by atoms with Crippen LogP contribution in [0.5, 0.6) is 11.5 Å². The summed E-state index contributed by atoms with van der Waals surface area (Å²) in [5.41, 5.74) is 2.04. The van der Waals surface area contributed by atoms with E-state index in [1.54, 1.807) is 36.4 Å². The van der Waals surface area contributed by atoms with Crippen LogP contribution in [0.3, 0.4) is 0 Å². The Bertz CT molecular complexity index is 1030. The second-order valence-electron chi connectivity index (χ2n) is 7.61. The molecule has 0 radical (unpaired) electrons. The molecule has 1 aliphatic carbocycles. The summed E-state index contributed by atoms with van der Waals surface area (Å²) in [4.78, 5) is 37.1. The summed E-state index contributed by atoms with van der Waals surface area (Å²) in [5, 5.41) is 5.69. The van der Waals surface area contributed by atoms with Crippen molar-refractivity contribution in [1.29, 1.82) is 0 Å². The zero-order valence-corrected chi connectivity index (χ0v) is 17.4. The molecule has 2 aromatic rings. The molecule has 1 aliphatic heterocycles. The van der Waals surface area contributed by atoms with Crippen LogP contribution in [-0.2, 0) is 14.3 Å². The molecular formula is C23H24N2O6. The molecular weight excluding hydrogens is 400 g/mol. The molecule has 162 valence electrons. The van der Waals surface area contributed by atoms with Gasteiger partial charge < -0.3 is 24.8 Å². The molecule has 8 nitrogen and oxygen atoms in total. The van der Waals surface area contributed by atoms with Gasteiger partial charge in [-0.2, -0.15) is 0 Å². The fourth-order valence-corrected chi connectivity index (χ4v) is 3.79. The van der Waals surface area contributed by atoms with Gasteiger partial charge in [-0.15, -0.1) is 0 Å². The molecule has 1 heterocycles. The Kier molecular flexibility index (Phi) is 5.79. The third-order valence-corrected chi connectivity index (χ3v) is 5.64. The highest BCUT2D eigenvalue weighted by molar-refractivity contribution is 6.00. The number of fused-ring (bicyclic) bond motifs is 1. The highest BCUT2D eigenvalue weighted by Gasteiger charge is 2.36. The van der Waals surface area contributed by atoms with Crippen molar-refractivity contribution >= 4 is 29.2 Å². The van der Waals surface area contributed by atoms with Crippen LogP contribution >= 0.6 is 0 Å². The normalized spacial score (nSPS) is 17.2. The van der Waals surface area contributed by atoms with Crippen molar-refractivity contribution in [2.45, 2.75) is 31.8 Å². The van der Waals surface area contributed by atoms with Crippen LogP contribution in [0.4, 0.5) is 11.4 Å². The molecule has 0 aromatic heterocycles. The van der Waals surface area contributed by atoms with E-state index in [2.05, 4.69) is 10.6 Å². The molecule has 2 N–H and O–H groups in total. The van der Waals surface area contributed by atoms with Gasteiger partial charge in [0.1, 0.15) is 11.7 Å². The van der Waals surface area contributed by atoms with Crippen LogP contribution < -0.4 is 20.1 Å². The van der Waals surface area contributed by atoms with Gasteiger partial charge >= 0.3 is 5.97 Å². The molecule has 0 bridgehead atoms. The zero-order chi connectivity index (χ0) is 22.0. The first kappa shape index (κ1) is 20.7. The lowest BCUT2D eigenvalue weighted by atomic mass is 9.85. The van der Waals surface area contributed by atoms with Crippen molar-refractivity contribution in [3.8, 4) is 11.5 Å². The SMILES string of the molecule is COc1ccc2c(c1OC)C(=O)O[C@H]2CC(=O)Nc1cccc(NC(=O)C2CCC2)c1. The maximum absolute atomic E-state index is 12.6.